The van der Waals surface area contributed by atoms with Gasteiger partial charge in [0.1, 0.15) is 0 Å². The number of amides is 1. The van der Waals surface area contributed by atoms with Crippen molar-refractivity contribution in [2.75, 3.05) is 13.1 Å². The maximum absolute atomic E-state index is 12.4. The van der Waals surface area contributed by atoms with E-state index in [-0.39, 0.29) is 11.4 Å². The summed E-state index contributed by atoms with van der Waals surface area (Å²) in [7, 11) is 0. The topological polar surface area (TPSA) is 41.1 Å². The smallest absolute Gasteiger partial charge is 0.220 e. The van der Waals surface area contributed by atoms with Gasteiger partial charge in [-0.2, -0.15) is 0 Å². The molecule has 3 nitrogen and oxygen atoms in total. The molecular weight excluding hydrogens is 340 g/mol. The minimum absolute atomic E-state index is 0.116. The third-order valence-corrected chi connectivity index (χ3v) is 5.69. The number of piperidine rings is 1. The molecule has 0 spiro atoms. The fraction of sp³-hybridized carbons (Fsp3) is 0.611. The Hall–Kier alpha value is -0.870. The van der Waals surface area contributed by atoms with E-state index in [4.69, 9.17) is 0 Å². The van der Waals surface area contributed by atoms with Crippen molar-refractivity contribution in [3.8, 4) is 0 Å². The summed E-state index contributed by atoms with van der Waals surface area (Å²) in [4.78, 5) is 12.4. The van der Waals surface area contributed by atoms with E-state index in [0.717, 1.165) is 42.7 Å². The standard InChI is InChI=1S/C18H25BrN2O/c19-16-4-1-3-15(13-16)18(9-2-10-18)21-17(22)6-5-14-7-11-20-12-8-14/h1,3-4,13-14,20H,2,5-12H2,(H,21,22). The first-order valence-electron chi connectivity index (χ1n) is 8.46. The molecule has 1 saturated carbocycles. The van der Waals surface area contributed by atoms with Gasteiger partial charge in [-0.15, -0.1) is 0 Å². The maximum Gasteiger partial charge on any atom is 0.220 e. The first kappa shape index (κ1) is 16.0. The summed E-state index contributed by atoms with van der Waals surface area (Å²) < 4.78 is 1.08. The van der Waals surface area contributed by atoms with Gasteiger partial charge in [-0.05, 0) is 75.2 Å². The average Bonchev–Trinajstić information content (AvgIpc) is 2.50. The van der Waals surface area contributed by atoms with E-state index in [1.807, 2.05) is 6.07 Å². The van der Waals surface area contributed by atoms with Gasteiger partial charge in [-0.1, -0.05) is 28.1 Å². The summed E-state index contributed by atoms with van der Waals surface area (Å²) >= 11 is 3.54. The van der Waals surface area contributed by atoms with Crippen molar-refractivity contribution in [1.82, 2.24) is 10.6 Å². The lowest BCUT2D eigenvalue weighted by molar-refractivity contribution is -0.124. The maximum atomic E-state index is 12.4. The molecule has 0 atom stereocenters. The molecule has 4 heteroatoms. The van der Waals surface area contributed by atoms with Crippen LogP contribution < -0.4 is 10.6 Å². The van der Waals surface area contributed by atoms with E-state index in [1.54, 1.807) is 0 Å². The predicted octanol–water partition coefficient (Wildman–Crippen LogP) is 3.72. The van der Waals surface area contributed by atoms with Gasteiger partial charge in [0.05, 0.1) is 5.54 Å². The summed E-state index contributed by atoms with van der Waals surface area (Å²) in [6.07, 6.45) is 7.43. The number of rotatable bonds is 5. The highest BCUT2D eigenvalue weighted by atomic mass is 79.9. The van der Waals surface area contributed by atoms with E-state index < -0.39 is 0 Å². The fourth-order valence-electron chi connectivity index (χ4n) is 3.64. The van der Waals surface area contributed by atoms with Gasteiger partial charge in [-0.25, -0.2) is 0 Å². The predicted molar refractivity (Wildman–Crippen MR) is 92.6 cm³/mol. The Labute approximate surface area is 141 Å². The molecule has 0 aromatic heterocycles. The normalized spacial score (nSPS) is 21.1. The van der Waals surface area contributed by atoms with Crippen LogP contribution in [0.2, 0.25) is 0 Å². The van der Waals surface area contributed by atoms with Crippen LogP contribution in [0.1, 0.15) is 50.5 Å². The zero-order chi connectivity index (χ0) is 15.4. The fourth-order valence-corrected chi connectivity index (χ4v) is 4.04. The van der Waals surface area contributed by atoms with Gasteiger partial charge >= 0.3 is 0 Å². The molecule has 1 aliphatic heterocycles. The minimum atomic E-state index is -0.116. The van der Waals surface area contributed by atoms with E-state index in [0.29, 0.717) is 6.42 Å². The summed E-state index contributed by atoms with van der Waals surface area (Å²) in [5, 5.41) is 6.72. The van der Waals surface area contributed by atoms with E-state index in [2.05, 4.69) is 44.8 Å². The molecule has 1 saturated heterocycles. The molecule has 2 fully saturated rings. The molecular formula is C18H25BrN2O. The van der Waals surface area contributed by atoms with Gasteiger partial charge in [0.15, 0.2) is 0 Å². The highest BCUT2D eigenvalue weighted by Crippen LogP contribution is 2.42. The number of nitrogens with one attached hydrogen (secondary N) is 2. The van der Waals surface area contributed by atoms with Crippen LogP contribution in [0, 0.1) is 5.92 Å². The molecule has 0 radical (unpaired) electrons. The van der Waals surface area contributed by atoms with Crippen LogP contribution in [0.25, 0.3) is 0 Å². The molecule has 3 rings (SSSR count). The summed E-state index contributed by atoms with van der Waals surface area (Å²) in [6.45, 7) is 2.21. The zero-order valence-corrected chi connectivity index (χ0v) is 14.6. The molecule has 1 aromatic rings. The average molecular weight is 365 g/mol. The van der Waals surface area contributed by atoms with E-state index >= 15 is 0 Å². The summed E-state index contributed by atoms with van der Waals surface area (Å²) in [6, 6.07) is 8.37. The van der Waals surface area contributed by atoms with Gasteiger partial charge in [-0.3, -0.25) is 4.79 Å². The van der Waals surface area contributed by atoms with E-state index in [1.165, 1.54) is 24.8 Å². The van der Waals surface area contributed by atoms with Crippen molar-refractivity contribution in [1.29, 1.82) is 0 Å². The zero-order valence-electron chi connectivity index (χ0n) is 13.0. The van der Waals surface area contributed by atoms with Crippen LogP contribution in [0.15, 0.2) is 28.7 Å². The van der Waals surface area contributed by atoms with Crippen molar-refractivity contribution in [2.45, 2.75) is 50.5 Å². The van der Waals surface area contributed by atoms with Crippen molar-refractivity contribution in [3.05, 3.63) is 34.3 Å². The Morgan fingerprint density at radius 3 is 2.73 bits per heavy atom. The molecule has 0 unspecified atom stereocenters. The number of benzene rings is 1. The first-order valence-corrected chi connectivity index (χ1v) is 9.25. The number of carbonyl (C=O) groups is 1. The molecule has 22 heavy (non-hydrogen) atoms. The lowest BCUT2D eigenvalue weighted by Crippen LogP contribution is -2.50. The van der Waals surface area contributed by atoms with Crippen molar-refractivity contribution in [3.63, 3.8) is 0 Å². The molecule has 1 amide bonds. The number of carbonyl (C=O) groups excluding carboxylic acids is 1. The summed E-state index contributed by atoms with van der Waals surface area (Å²) in [5.41, 5.74) is 1.12. The molecule has 2 N–H and O–H groups in total. The molecule has 0 bridgehead atoms. The van der Waals surface area contributed by atoms with Crippen LogP contribution in [0.5, 0.6) is 0 Å². The SMILES string of the molecule is O=C(CCC1CCNCC1)NC1(c2cccc(Br)c2)CCC1. The Morgan fingerprint density at radius 1 is 1.32 bits per heavy atom. The number of hydrogen-bond donors (Lipinski definition) is 2. The summed E-state index contributed by atoms with van der Waals surface area (Å²) in [5.74, 6) is 0.938. The number of hydrogen-bond acceptors (Lipinski definition) is 2. The van der Waals surface area contributed by atoms with Crippen molar-refractivity contribution >= 4 is 21.8 Å². The Balaban J connectivity index is 1.56. The minimum Gasteiger partial charge on any atom is -0.347 e. The van der Waals surface area contributed by atoms with Crippen molar-refractivity contribution < 1.29 is 4.79 Å². The lowest BCUT2D eigenvalue weighted by atomic mass is 9.71. The largest absolute Gasteiger partial charge is 0.347 e. The quantitative estimate of drug-likeness (QED) is 0.835. The number of halogens is 1. The lowest BCUT2D eigenvalue weighted by Gasteiger charge is -2.43. The molecule has 2 aliphatic rings. The highest BCUT2D eigenvalue weighted by molar-refractivity contribution is 9.10. The van der Waals surface area contributed by atoms with Crippen LogP contribution in [-0.4, -0.2) is 19.0 Å². The monoisotopic (exact) mass is 364 g/mol. The third-order valence-electron chi connectivity index (χ3n) is 5.20. The Bertz CT molecular complexity index is 522. The third kappa shape index (κ3) is 3.72. The van der Waals surface area contributed by atoms with Gasteiger partial charge in [0.25, 0.3) is 0 Å². The Morgan fingerprint density at radius 2 is 2.09 bits per heavy atom. The first-order chi connectivity index (χ1) is 10.7. The van der Waals surface area contributed by atoms with Gasteiger partial charge in [0.2, 0.25) is 5.91 Å². The second kappa shape index (κ2) is 7.14. The highest BCUT2D eigenvalue weighted by Gasteiger charge is 2.39. The van der Waals surface area contributed by atoms with E-state index in [9.17, 15) is 4.79 Å². The Kier molecular flexibility index (Phi) is 5.19. The second-order valence-corrected chi connectivity index (χ2v) is 7.64. The molecule has 1 aromatic carbocycles. The van der Waals surface area contributed by atoms with Crippen LogP contribution in [0.3, 0.4) is 0 Å². The van der Waals surface area contributed by atoms with Crippen LogP contribution >= 0.6 is 15.9 Å². The van der Waals surface area contributed by atoms with Gasteiger partial charge in [0, 0.05) is 10.9 Å². The van der Waals surface area contributed by atoms with Crippen LogP contribution in [0.4, 0.5) is 0 Å². The molecule has 1 aliphatic carbocycles. The molecule has 120 valence electrons. The molecule has 1 heterocycles. The van der Waals surface area contributed by atoms with Crippen molar-refractivity contribution in [2.24, 2.45) is 5.92 Å². The second-order valence-electron chi connectivity index (χ2n) is 6.73. The van der Waals surface area contributed by atoms with Gasteiger partial charge < -0.3 is 10.6 Å². The van der Waals surface area contributed by atoms with Crippen LogP contribution in [-0.2, 0) is 10.3 Å².